The number of nitrogens with zero attached hydrogens (tertiary/aromatic N) is 3. The average Bonchev–Trinajstić information content (AvgIpc) is 3.27. The monoisotopic (exact) mass is 372 g/mol. The Labute approximate surface area is 158 Å². The number of aryl methyl sites for hydroxylation is 1. The summed E-state index contributed by atoms with van der Waals surface area (Å²) in [5, 5.41) is 2.25. The second-order valence-electron chi connectivity index (χ2n) is 5.99. The first-order chi connectivity index (χ1) is 10.2. The van der Waals surface area contributed by atoms with Crippen LogP contribution in [0, 0.1) is 12.8 Å². The Hall–Kier alpha value is -0.706. The molecule has 1 aliphatic carbocycles. The van der Waals surface area contributed by atoms with E-state index in [1.54, 1.807) is 13.3 Å². The van der Waals surface area contributed by atoms with Crippen molar-refractivity contribution in [1.82, 2.24) is 5.01 Å². The maximum absolute atomic E-state index is 6.13. The molecule has 2 aliphatic rings. The molecule has 0 aromatic heterocycles. The van der Waals surface area contributed by atoms with Crippen molar-refractivity contribution in [2.24, 2.45) is 16.6 Å². The largest absolute Gasteiger partial charge is 0.620 e. The van der Waals surface area contributed by atoms with Gasteiger partial charge in [0, 0.05) is 51.7 Å². The smallest absolute Gasteiger partial charge is 0.0405 e. The van der Waals surface area contributed by atoms with E-state index >= 15 is 0 Å². The molecular formula is C17H23N4Y-. The fraction of sp³-hybridized carbons (Fsp3) is 0.471. The van der Waals surface area contributed by atoms with Gasteiger partial charge in [-0.2, -0.15) is 0 Å². The maximum Gasteiger partial charge on any atom is 0.0405 e. The van der Waals surface area contributed by atoms with Gasteiger partial charge in [-0.25, -0.2) is 0 Å². The van der Waals surface area contributed by atoms with Crippen LogP contribution in [0.3, 0.4) is 0 Å². The van der Waals surface area contributed by atoms with Crippen LogP contribution in [0.2, 0.25) is 0 Å². The van der Waals surface area contributed by atoms with Gasteiger partial charge in [0.15, 0.2) is 0 Å². The number of rotatable bonds is 5. The van der Waals surface area contributed by atoms with E-state index < -0.39 is 0 Å². The van der Waals surface area contributed by atoms with Crippen LogP contribution in [0.25, 0.3) is 11.1 Å². The molecule has 1 aromatic rings. The second-order valence-corrected chi connectivity index (χ2v) is 5.99. The number of hydrogen-bond donors (Lipinski definition) is 1. The molecule has 22 heavy (non-hydrogen) atoms. The SMILES string of the molecule is CN=C/C=C(\N)c1cc([N-]N2CCC2C2CC2)ccc1C.[Y]. The van der Waals surface area contributed by atoms with Gasteiger partial charge in [-0.15, -0.1) is 5.69 Å². The van der Waals surface area contributed by atoms with Gasteiger partial charge in [-0.05, 0) is 61.9 Å². The van der Waals surface area contributed by atoms with E-state index in [2.05, 4.69) is 35.1 Å². The average molecular weight is 372 g/mol. The summed E-state index contributed by atoms with van der Waals surface area (Å²) in [5.74, 6) is 0.887. The molecule has 1 aromatic carbocycles. The number of allylic oxidation sites excluding steroid dienone is 1. The van der Waals surface area contributed by atoms with Crippen LogP contribution in [-0.2, 0) is 32.7 Å². The third-order valence-corrected chi connectivity index (χ3v) is 4.38. The first kappa shape index (κ1) is 17.6. The summed E-state index contributed by atoms with van der Waals surface area (Å²) in [7, 11) is 1.74. The fourth-order valence-corrected chi connectivity index (χ4v) is 2.85. The van der Waals surface area contributed by atoms with Crippen molar-refractivity contribution >= 4 is 17.6 Å². The standard InChI is InChI=1S/C17H23N4.Y/c1-12-3-6-14(11-15(12)16(18)7-9-19-2)20-21-10-8-17(21)13-4-5-13;/h3,6-7,9,11,13,17H,4-5,8,10,18H2,1-2H3;/q-1;/b16-7-,19-9?;. The molecule has 2 fully saturated rings. The van der Waals surface area contributed by atoms with Crippen LogP contribution in [-0.4, -0.2) is 30.9 Å². The van der Waals surface area contributed by atoms with E-state index in [1.807, 2.05) is 6.08 Å². The molecule has 0 amide bonds. The van der Waals surface area contributed by atoms with Crippen molar-refractivity contribution in [3.63, 3.8) is 0 Å². The molecule has 1 atom stereocenters. The quantitative estimate of drug-likeness (QED) is 0.806. The normalized spacial score (nSPS) is 22.3. The number of aliphatic imine (C=N–C) groups is 1. The summed E-state index contributed by atoms with van der Waals surface area (Å²) in [6, 6.07) is 6.91. The van der Waals surface area contributed by atoms with Crippen molar-refractivity contribution in [3.05, 3.63) is 40.8 Å². The van der Waals surface area contributed by atoms with Gasteiger partial charge in [0.1, 0.15) is 0 Å². The van der Waals surface area contributed by atoms with Gasteiger partial charge < -0.3 is 16.2 Å². The van der Waals surface area contributed by atoms with Crippen LogP contribution in [0.1, 0.15) is 30.4 Å². The van der Waals surface area contributed by atoms with E-state index in [4.69, 9.17) is 11.2 Å². The predicted molar refractivity (Wildman–Crippen MR) is 88.6 cm³/mol. The zero-order valence-electron chi connectivity index (χ0n) is 13.4. The molecule has 2 N–H and O–H groups in total. The minimum absolute atomic E-state index is 0. The van der Waals surface area contributed by atoms with E-state index in [-0.39, 0.29) is 32.7 Å². The van der Waals surface area contributed by atoms with Crippen LogP contribution in [0.15, 0.2) is 29.3 Å². The van der Waals surface area contributed by atoms with Crippen molar-refractivity contribution in [3.8, 4) is 0 Å². The summed E-state index contributed by atoms with van der Waals surface area (Å²) in [4.78, 5) is 3.95. The molecule has 1 aliphatic heterocycles. The van der Waals surface area contributed by atoms with Crippen molar-refractivity contribution in [1.29, 1.82) is 0 Å². The van der Waals surface area contributed by atoms with Crippen molar-refractivity contribution in [2.45, 2.75) is 32.2 Å². The summed E-state index contributed by atoms with van der Waals surface area (Å²) >= 11 is 0. The molecule has 0 spiro atoms. The van der Waals surface area contributed by atoms with Crippen molar-refractivity contribution in [2.75, 3.05) is 13.6 Å². The number of nitrogens with two attached hydrogens (primary N) is 1. The Morgan fingerprint density at radius 3 is 2.73 bits per heavy atom. The molecule has 1 saturated carbocycles. The van der Waals surface area contributed by atoms with Gasteiger partial charge in [-0.3, -0.25) is 4.99 Å². The number of hydrogen-bond acceptors (Lipinski definition) is 3. The fourth-order valence-electron chi connectivity index (χ4n) is 2.85. The molecule has 4 nitrogen and oxygen atoms in total. The van der Waals surface area contributed by atoms with Crippen LogP contribution in [0.5, 0.6) is 0 Å². The number of benzene rings is 1. The first-order valence-corrected chi connectivity index (χ1v) is 7.66. The van der Waals surface area contributed by atoms with E-state index in [9.17, 15) is 0 Å². The first-order valence-electron chi connectivity index (χ1n) is 7.66. The Bertz CT molecular complexity index is 578. The van der Waals surface area contributed by atoms with Gasteiger partial charge in [-0.1, -0.05) is 18.2 Å². The topological polar surface area (TPSA) is 55.7 Å². The van der Waals surface area contributed by atoms with Crippen molar-refractivity contribution < 1.29 is 32.7 Å². The second kappa shape index (κ2) is 7.71. The zero-order chi connectivity index (χ0) is 14.8. The van der Waals surface area contributed by atoms with Gasteiger partial charge in [0.05, 0.1) is 0 Å². The maximum atomic E-state index is 6.13. The van der Waals surface area contributed by atoms with Crippen LogP contribution in [0.4, 0.5) is 5.69 Å². The molecule has 1 heterocycles. The summed E-state index contributed by atoms with van der Waals surface area (Å²) in [5.41, 5.74) is 14.8. The van der Waals surface area contributed by atoms with E-state index in [0.29, 0.717) is 6.04 Å². The van der Waals surface area contributed by atoms with Gasteiger partial charge >= 0.3 is 0 Å². The molecule has 1 saturated heterocycles. The minimum atomic E-state index is 0. The van der Waals surface area contributed by atoms with Crippen LogP contribution >= 0.6 is 0 Å². The molecule has 1 unspecified atom stereocenters. The third kappa shape index (κ3) is 3.98. The Morgan fingerprint density at radius 2 is 2.14 bits per heavy atom. The zero-order valence-corrected chi connectivity index (χ0v) is 16.2. The molecule has 3 rings (SSSR count). The molecule has 5 heteroatoms. The third-order valence-electron chi connectivity index (χ3n) is 4.38. The summed E-state index contributed by atoms with van der Waals surface area (Å²) < 4.78 is 0. The minimum Gasteiger partial charge on any atom is -0.620 e. The molecular weight excluding hydrogens is 349 g/mol. The predicted octanol–water partition coefficient (Wildman–Crippen LogP) is 3.40. The van der Waals surface area contributed by atoms with E-state index in [1.165, 1.54) is 19.3 Å². The summed E-state index contributed by atoms with van der Waals surface area (Å²) in [6.45, 7) is 3.15. The Morgan fingerprint density at radius 1 is 1.36 bits per heavy atom. The van der Waals surface area contributed by atoms with Gasteiger partial charge in [0.25, 0.3) is 0 Å². The van der Waals surface area contributed by atoms with Crippen LogP contribution < -0.4 is 5.73 Å². The van der Waals surface area contributed by atoms with E-state index in [0.717, 1.165) is 35.0 Å². The molecule has 0 bridgehead atoms. The summed E-state index contributed by atoms with van der Waals surface area (Å²) in [6.07, 6.45) is 7.60. The molecule has 1 radical (unpaired) electrons. The molecule has 115 valence electrons. The Kier molecular flexibility index (Phi) is 6.19. The Balaban J connectivity index is 0.00000176. The van der Waals surface area contributed by atoms with Gasteiger partial charge in [0.2, 0.25) is 0 Å².